The minimum atomic E-state index is 0.101. The molecule has 21 heavy (non-hydrogen) atoms. The van der Waals surface area contributed by atoms with Crippen LogP contribution in [0.2, 0.25) is 5.02 Å². The first-order valence-electron chi connectivity index (χ1n) is 6.13. The molecule has 0 bridgehead atoms. The van der Waals surface area contributed by atoms with E-state index < -0.39 is 0 Å². The zero-order chi connectivity index (χ0) is 14.8. The normalized spacial score (nSPS) is 11.3. The van der Waals surface area contributed by atoms with Gasteiger partial charge in [-0.1, -0.05) is 22.9 Å². The molecule has 4 nitrogen and oxygen atoms in total. The maximum atomic E-state index is 9.55. The molecule has 0 aliphatic rings. The lowest BCUT2D eigenvalue weighted by molar-refractivity contribution is 0.373. The quantitative estimate of drug-likeness (QED) is 0.727. The number of ether oxygens (including phenoxy) is 1. The Labute approximate surface area is 130 Å². The van der Waals surface area contributed by atoms with Gasteiger partial charge in [0.25, 0.3) is 0 Å². The van der Waals surface area contributed by atoms with Crippen molar-refractivity contribution in [2.45, 2.75) is 0 Å². The zero-order valence-electron chi connectivity index (χ0n) is 11.1. The molecule has 0 saturated heterocycles. The number of aromatic hydroxyl groups is 1. The van der Waals surface area contributed by atoms with Crippen LogP contribution < -0.4 is 4.74 Å². The van der Waals surface area contributed by atoms with Crippen molar-refractivity contribution in [2.24, 2.45) is 4.99 Å². The second-order valence-corrected chi connectivity index (χ2v) is 5.74. The molecule has 6 heteroatoms. The van der Waals surface area contributed by atoms with Gasteiger partial charge in [-0.15, -0.1) is 0 Å². The second-order valence-electron chi connectivity index (χ2n) is 4.30. The highest BCUT2D eigenvalue weighted by Crippen LogP contribution is 2.30. The summed E-state index contributed by atoms with van der Waals surface area (Å²) in [6, 6.07) is 10.6. The van der Waals surface area contributed by atoms with Crippen LogP contribution in [0, 0.1) is 0 Å². The summed E-state index contributed by atoms with van der Waals surface area (Å²) >= 11 is 7.43. The number of aromatic nitrogens is 1. The molecule has 0 saturated carbocycles. The fourth-order valence-corrected chi connectivity index (χ4v) is 2.81. The number of fused-ring (bicyclic) bond motifs is 1. The van der Waals surface area contributed by atoms with Crippen LogP contribution in [0.25, 0.3) is 10.2 Å². The molecule has 0 atom stereocenters. The smallest absolute Gasteiger partial charge is 0.210 e. The number of hydrogen-bond acceptors (Lipinski definition) is 5. The summed E-state index contributed by atoms with van der Waals surface area (Å²) in [5, 5.41) is 10.9. The van der Waals surface area contributed by atoms with Gasteiger partial charge in [0.1, 0.15) is 0 Å². The van der Waals surface area contributed by atoms with E-state index in [0.29, 0.717) is 15.9 Å². The van der Waals surface area contributed by atoms with Gasteiger partial charge in [-0.25, -0.2) is 9.98 Å². The number of halogens is 1. The molecular weight excluding hydrogens is 308 g/mol. The van der Waals surface area contributed by atoms with Crippen LogP contribution in [0.5, 0.6) is 11.5 Å². The van der Waals surface area contributed by atoms with E-state index in [9.17, 15) is 5.11 Å². The van der Waals surface area contributed by atoms with Gasteiger partial charge in [-0.2, -0.15) is 0 Å². The van der Waals surface area contributed by atoms with Crippen LogP contribution >= 0.6 is 22.9 Å². The lowest BCUT2D eigenvalue weighted by atomic mass is 10.2. The van der Waals surface area contributed by atoms with Gasteiger partial charge >= 0.3 is 0 Å². The number of aliphatic imine (C=N–C) groups is 1. The van der Waals surface area contributed by atoms with Gasteiger partial charge in [0.05, 0.1) is 17.3 Å². The molecule has 1 heterocycles. The van der Waals surface area contributed by atoms with Gasteiger partial charge in [0, 0.05) is 11.2 Å². The summed E-state index contributed by atoms with van der Waals surface area (Å²) in [6.45, 7) is 0. The molecule has 1 N–H and O–H groups in total. The van der Waals surface area contributed by atoms with Crippen molar-refractivity contribution >= 4 is 44.5 Å². The number of thiazole rings is 1. The van der Waals surface area contributed by atoms with E-state index in [1.54, 1.807) is 24.4 Å². The number of phenolic OH excluding ortho intramolecular Hbond substituents is 1. The molecule has 2 aromatic carbocycles. The number of methoxy groups -OCH3 is 1. The number of rotatable bonds is 3. The molecular formula is C15H11ClN2O2S. The number of benzene rings is 2. The first kappa shape index (κ1) is 13.9. The summed E-state index contributed by atoms with van der Waals surface area (Å²) in [7, 11) is 1.51. The van der Waals surface area contributed by atoms with E-state index in [0.717, 1.165) is 15.8 Å². The van der Waals surface area contributed by atoms with E-state index in [4.69, 9.17) is 16.3 Å². The van der Waals surface area contributed by atoms with Crippen molar-refractivity contribution < 1.29 is 9.84 Å². The lowest BCUT2D eigenvalue weighted by Gasteiger charge is -2.02. The highest BCUT2D eigenvalue weighted by molar-refractivity contribution is 7.22. The highest BCUT2D eigenvalue weighted by Gasteiger charge is 2.04. The molecule has 0 amide bonds. The molecule has 0 spiro atoms. The lowest BCUT2D eigenvalue weighted by Crippen LogP contribution is -1.86. The average Bonchev–Trinajstić information content (AvgIpc) is 2.88. The Morgan fingerprint density at radius 2 is 2.14 bits per heavy atom. The standard InChI is InChI=1S/C15H11ClN2O2S/c1-20-13-6-9(2-4-12(13)19)8-17-15-18-11-7-10(16)3-5-14(11)21-15/h2-8,19H,1H3/b17-8+. The predicted molar refractivity (Wildman–Crippen MR) is 86.5 cm³/mol. The largest absolute Gasteiger partial charge is 0.504 e. The summed E-state index contributed by atoms with van der Waals surface area (Å²) in [4.78, 5) is 8.75. The molecule has 3 rings (SSSR count). The van der Waals surface area contributed by atoms with Crippen molar-refractivity contribution in [2.75, 3.05) is 7.11 Å². The fourth-order valence-electron chi connectivity index (χ4n) is 1.85. The molecule has 106 valence electrons. The zero-order valence-corrected chi connectivity index (χ0v) is 12.6. The Balaban J connectivity index is 1.90. The Hall–Kier alpha value is -2.11. The molecule has 3 aromatic rings. The van der Waals surface area contributed by atoms with E-state index in [1.807, 2.05) is 18.2 Å². The first-order valence-corrected chi connectivity index (χ1v) is 7.32. The molecule has 0 radical (unpaired) electrons. The highest BCUT2D eigenvalue weighted by atomic mass is 35.5. The Morgan fingerprint density at radius 1 is 1.29 bits per heavy atom. The van der Waals surface area contributed by atoms with Crippen LogP contribution in [0.15, 0.2) is 41.4 Å². The van der Waals surface area contributed by atoms with Crippen LogP contribution in [0.4, 0.5) is 5.13 Å². The van der Waals surface area contributed by atoms with Crippen molar-refractivity contribution in [3.63, 3.8) is 0 Å². The van der Waals surface area contributed by atoms with Gasteiger partial charge in [0.2, 0.25) is 5.13 Å². The summed E-state index contributed by atoms with van der Waals surface area (Å²) in [5.41, 5.74) is 1.66. The predicted octanol–water partition coefficient (Wildman–Crippen LogP) is 4.41. The van der Waals surface area contributed by atoms with Gasteiger partial charge in [0.15, 0.2) is 11.5 Å². The maximum Gasteiger partial charge on any atom is 0.210 e. The summed E-state index contributed by atoms with van der Waals surface area (Å²) < 4.78 is 6.10. The van der Waals surface area contributed by atoms with Crippen LogP contribution in [-0.4, -0.2) is 23.4 Å². The van der Waals surface area contributed by atoms with Gasteiger partial charge in [-0.05, 0) is 42.0 Å². The third kappa shape index (κ3) is 2.99. The molecule has 0 aliphatic heterocycles. The van der Waals surface area contributed by atoms with Crippen molar-refractivity contribution in [1.82, 2.24) is 4.98 Å². The van der Waals surface area contributed by atoms with E-state index >= 15 is 0 Å². The minimum Gasteiger partial charge on any atom is -0.504 e. The summed E-state index contributed by atoms with van der Waals surface area (Å²) in [6.07, 6.45) is 1.68. The van der Waals surface area contributed by atoms with Crippen molar-refractivity contribution in [3.05, 3.63) is 47.0 Å². The molecule has 0 aliphatic carbocycles. The third-order valence-electron chi connectivity index (χ3n) is 2.87. The average molecular weight is 319 g/mol. The van der Waals surface area contributed by atoms with Gasteiger partial charge in [-0.3, -0.25) is 0 Å². The fraction of sp³-hybridized carbons (Fsp3) is 0.0667. The Kier molecular flexibility index (Phi) is 3.77. The maximum absolute atomic E-state index is 9.55. The minimum absolute atomic E-state index is 0.101. The molecule has 1 aromatic heterocycles. The van der Waals surface area contributed by atoms with E-state index in [2.05, 4.69) is 9.98 Å². The van der Waals surface area contributed by atoms with Crippen molar-refractivity contribution in [3.8, 4) is 11.5 Å². The monoisotopic (exact) mass is 318 g/mol. The molecule has 0 unspecified atom stereocenters. The van der Waals surface area contributed by atoms with E-state index in [-0.39, 0.29) is 5.75 Å². The first-order chi connectivity index (χ1) is 10.2. The number of nitrogens with zero attached hydrogens (tertiary/aromatic N) is 2. The van der Waals surface area contributed by atoms with Crippen LogP contribution in [-0.2, 0) is 0 Å². The summed E-state index contributed by atoms with van der Waals surface area (Å²) in [5.74, 6) is 0.513. The number of hydrogen-bond donors (Lipinski definition) is 1. The van der Waals surface area contributed by atoms with Crippen LogP contribution in [0.1, 0.15) is 5.56 Å². The second kappa shape index (κ2) is 5.71. The van der Waals surface area contributed by atoms with Gasteiger partial charge < -0.3 is 9.84 Å². The topological polar surface area (TPSA) is 54.7 Å². The Morgan fingerprint density at radius 3 is 2.95 bits per heavy atom. The van der Waals surface area contributed by atoms with Crippen molar-refractivity contribution in [1.29, 1.82) is 0 Å². The number of phenols is 1. The molecule has 0 fully saturated rings. The third-order valence-corrected chi connectivity index (χ3v) is 4.05. The van der Waals surface area contributed by atoms with Crippen LogP contribution in [0.3, 0.4) is 0 Å². The Bertz CT molecular complexity index is 830. The van der Waals surface area contributed by atoms with E-state index in [1.165, 1.54) is 18.4 Å². The SMILES string of the molecule is COc1cc(/C=N/c2nc3cc(Cl)ccc3s2)ccc1O.